The summed E-state index contributed by atoms with van der Waals surface area (Å²) in [6.07, 6.45) is 1.18. The number of phenols is 1. The highest BCUT2D eigenvalue weighted by atomic mass is 16.6. The number of hydrogen-bond donors (Lipinski definition) is 2. The molecule has 0 aliphatic heterocycles. The van der Waals surface area contributed by atoms with Crippen LogP contribution in [0.5, 0.6) is 5.75 Å². The van der Waals surface area contributed by atoms with Gasteiger partial charge in [0.05, 0.1) is 7.11 Å². The fraction of sp³-hybridized carbons (Fsp3) is 0.286. The Labute approximate surface area is 110 Å². The van der Waals surface area contributed by atoms with E-state index in [0.717, 1.165) is 10.9 Å². The first-order chi connectivity index (χ1) is 9.17. The van der Waals surface area contributed by atoms with Crippen LogP contribution in [-0.2, 0) is 11.2 Å². The molecular weight excluding hydrogens is 247 g/mol. The maximum absolute atomic E-state index is 11.6. The second-order valence-electron chi connectivity index (χ2n) is 4.16. The second-order valence-corrected chi connectivity index (χ2v) is 4.16. The number of esters is 1. The third-order valence-electron chi connectivity index (χ3n) is 2.90. The number of pyridine rings is 1. The van der Waals surface area contributed by atoms with Crippen molar-refractivity contribution in [2.24, 2.45) is 0 Å². The minimum atomic E-state index is -0.546. The number of para-hydroxylation sites is 1. The summed E-state index contributed by atoms with van der Waals surface area (Å²) in [4.78, 5) is 15.7. The van der Waals surface area contributed by atoms with Crippen LogP contribution in [0.15, 0.2) is 24.3 Å². The van der Waals surface area contributed by atoms with Crippen LogP contribution in [0.3, 0.4) is 0 Å². The first kappa shape index (κ1) is 13.3. The van der Waals surface area contributed by atoms with Crippen LogP contribution in [0.4, 0.5) is 0 Å². The molecule has 1 heterocycles. The summed E-state index contributed by atoms with van der Waals surface area (Å²) in [6.45, 7) is 0.0657. The fourth-order valence-electron chi connectivity index (χ4n) is 1.99. The maximum Gasteiger partial charge on any atom is 0.356 e. The molecule has 1 aromatic heterocycles. The highest BCUT2D eigenvalue weighted by molar-refractivity contribution is 5.94. The number of phenolic OH excluding ortho intramolecular Hbond substituents is 1. The molecule has 0 fully saturated rings. The minimum absolute atomic E-state index is 0.0218. The van der Waals surface area contributed by atoms with Gasteiger partial charge in [-0.3, -0.25) is 0 Å². The van der Waals surface area contributed by atoms with Gasteiger partial charge < -0.3 is 14.9 Å². The number of benzene rings is 1. The molecule has 2 N–H and O–H groups in total. The Kier molecular flexibility index (Phi) is 3.97. The number of hydrogen-bond acceptors (Lipinski definition) is 5. The van der Waals surface area contributed by atoms with Gasteiger partial charge in [0, 0.05) is 12.0 Å². The van der Waals surface area contributed by atoms with Crippen LogP contribution in [0.25, 0.3) is 10.9 Å². The molecule has 2 rings (SSSR count). The molecule has 0 radical (unpaired) electrons. The van der Waals surface area contributed by atoms with Crippen LogP contribution < -0.4 is 0 Å². The molecule has 5 heteroatoms. The highest BCUT2D eigenvalue weighted by Gasteiger charge is 2.14. The number of nitrogens with zero attached hydrogens (tertiary/aromatic N) is 1. The number of carbonyl (C=O) groups is 1. The van der Waals surface area contributed by atoms with Crippen molar-refractivity contribution in [2.45, 2.75) is 12.8 Å². The molecule has 0 saturated carbocycles. The van der Waals surface area contributed by atoms with E-state index < -0.39 is 5.97 Å². The molecule has 0 aliphatic rings. The normalized spacial score (nSPS) is 10.6. The van der Waals surface area contributed by atoms with E-state index >= 15 is 0 Å². The van der Waals surface area contributed by atoms with Gasteiger partial charge in [0.2, 0.25) is 0 Å². The van der Waals surface area contributed by atoms with E-state index in [9.17, 15) is 9.90 Å². The molecule has 0 amide bonds. The number of carbonyl (C=O) groups excluding carboxylic acids is 1. The number of ether oxygens (including phenoxy) is 1. The topological polar surface area (TPSA) is 79.7 Å². The zero-order chi connectivity index (χ0) is 13.8. The number of aromatic nitrogens is 1. The van der Waals surface area contributed by atoms with Crippen LogP contribution in [0.1, 0.15) is 22.5 Å². The van der Waals surface area contributed by atoms with Gasteiger partial charge in [0.1, 0.15) is 17.0 Å². The number of aromatic hydroxyl groups is 1. The number of rotatable bonds is 4. The Morgan fingerprint density at radius 2 is 2.21 bits per heavy atom. The van der Waals surface area contributed by atoms with E-state index in [-0.39, 0.29) is 18.1 Å². The van der Waals surface area contributed by atoms with E-state index in [1.807, 2.05) is 6.07 Å². The van der Waals surface area contributed by atoms with Crippen LogP contribution in [0.2, 0.25) is 0 Å². The SMILES string of the molecule is CO[13C](=O)c1cc(CCCO)c2cccc(O)c2n1. The quantitative estimate of drug-likeness (QED) is 0.647. The second kappa shape index (κ2) is 5.67. The molecule has 0 spiro atoms. The standard InChI is InChI=1S/C14H15NO4/c1-19-14(18)11-8-9(4-3-7-16)10-5-2-6-12(17)13(10)15-11/h2,5-6,8,16-17H,3-4,7H2,1H3/i14+1. The van der Waals surface area contributed by atoms with Crippen molar-refractivity contribution in [3.63, 3.8) is 0 Å². The average Bonchev–Trinajstić information content (AvgIpc) is 2.44. The predicted octanol–water partition coefficient (Wildman–Crippen LogP) is 1.65. The lowest BCUT2D eigenvalue weighted by atomic mass is 10.0. The number of aliphatic hydroxyl groups excluding tert-OH is 1. The number of methoxy groups -OCH3 is 1. The summed E-state index contributed by atoms with van der Waals surface area (Å²) in [7, 11) is 1.28. The van der Waals surface area contributed by atoms with Crippen molar-refractivity contribution < 1.29 is 19.7 Å². The van der Waals surface area contributed by atoms with Crippen LogP contribution in [0, 0.1) is 0 Å². The highest BCUT2D eigenvalue weighted by Crippen LogP contribution is 2.27. The maximum atomic E-state index is 11.6. The van der Waals surface area contributed by atoms with Gasteiger partial charge in [-0.2, -0.15) is 0 Å². The smallest absolute Gasteiger partial charge is 0.356 e. The monoisotopic (exact) mass is 262 g/mol. The van der Waals surface area contributed by atoms with Gasteiger partial charge in [-0.05, 0) is 30.5 Å². The number of aliphatic hydroxyl groups is 1. The summed E-state index contributed by atoms with van der Waals surface area (Å²) in [6, 6.07) is 6.71. The Morgan fingerprint density at radius 1 is 1.42 bits per heavy atom. The fourth-order valence-corrected chi connectivity index (χ4v) is 1.99. The van der Waals surface area contributed by atoms with Gasteiger partial charge in [-0.1, -0.05) is 12.1 Å². The van der Waals surface area contributed by atoms with Gasteiger partial charge in [-0.15, -0.1) is 0 Å². The summed E-state index contributed by atoms with van der Waals surface area (Å²) in [5.41, 5.74) is 1.39. The first-order valence-corrected chi connectivity index (χ1v) is 5.98. The van der Waals surface area contributed by atoms with Crippen molar-refractivity contribution in [3.05, 3.63) is 35.5 Å². The molecule has 1 aromatic carbocycles. The van der Waals surface area contributed by atoms with Crippen molar-refractivity contribution in [1.29, 1.82) is 0 Å². The lowest BCUT2D eigenvalue weighted by Gasteiger charge is -2.09. The average molecular weight is 262 g/mol. The summed E-state index contributed by atoms with van der Waals surface area (Å²) in [5.74, 6) is -0.524. The van der Waals surface area contributed by atoms with Gasteiger partial charge in [0.25, 0.3) is 0 Å². The summed E-state index contributed by atoms with van der Waals surface area (Å²) < 4.78 is 4.65. The molecular formula is C14H15NO4. The molecule has 0 aliphatic carbocycles. The molecule has 5 nitrogen and oxygen atoms in total. The largest absolute Gasteiger partial charge is 0.506 e. The first-order valence-electron chi connectivity index (χ1n) is 5.98. The zero-order valence-corrected chi connectivity index (χ0v) is 10.6. The van der Waals surface area contributed by atoms with Crippen molar-refractivity contribution >= 4 is 16.9 Å². The van der Waals surface area contributed by atoms with Gasteiger partial charge in [-0.25, -0.2) is 9.78 Å². The van der Waals surface area contributed by atoms with Crippen LogP contribution in [-0.4, -0.2) is 34.9 Å². The minimum Gasteiger partial charge on any atom is -0.506 e. The Balaban J connectivity index is 2.62. The van der Waals surface area contributed by atoms with E-state index in [1.165, 1.54) is 13.2 Å². The third-order valence-corrected chi connectivity index (χ3v) is 2.90. The van der Waals surface area contributed by atoms with E-state index in [4.69, 9.17) is 5.11 Å². The summed E-state index contributed by atoms with van der Waals surface area (Å²) in [5, 5.41) is 19.5. The third kappa shape index (κ3) is 2.66. The molecule has 0 unspecified atom stereocenters. The lowest BCUT2D eigenvalue weighted by molar-refractivity contribution is 0.0594. The van der Waals surface area contributed by atoms with E-state index in [0.29, 0.717) is 18.4 Å². The van der Waals surface area contributed by atoms with E-state index in [1.54, 1.807) is 12.1 Å². The lowest BCUT2D eigenvalue weighted by Crippen LogP contribution is -2.06. The Morgan fingerprint density at radius 3 is 2.89 bits per heavy atom. The molecule has 100 valence electrons. The van der Waals surface area contributed by atoms with Crippen molar-refractivity contribution in [2.75, 3.05) is 13.7 Å². The molecule has 0 atom stereocenters. The van der Waals surface area contributed by atoms with Gasteiger partial charge >= 0.3 is 5.97 Å². The molecule has 19 heavy (non-hydrogen) atoms. The predicted molar refractivity (Wildman–Crippen MR) is 70.2 cm³/mol. The van der Waals surface area contributed by atoms with Gasteiger partial charge in [0.15, 0.2) is 0 Å². The number of aryl methyl sites for hydroxylation is 1. The van der Waals surface area contributed by atoms with E-state index in [2.05, 4.69) is 9.72 Å². The molecule has 0 saturated heterocycles. The molecule has 2 aromatic rings. The summed E-state index contributed by atoms with van der Waals surface area (Å²) >= 11 is 0. The molecule has 0 bridgehead atoms. The zero-order valence-electron chi connectivity index (χ0n) is 10.6. The van der Waals surface area contributed by atoms with Crippen molar-refractivity contribution in [1.82, 2.24) is 4.98 Å². The van der Waals surface area contributed by atoms with Crippen LogP contribution >= 0.6 is 0 Å². The Hall–Kier alpha value is -2.14. The Bertz CT molecular complexity index is 610. The van der Waals surface area contributed by atoms with Crippen molar-refractivity contribution in [3.8, 4) is 5.75 Å². The number of fused-ring (bicyclic) bond motifs is 1.